The lowest BCUT2D eigenvalue weighted by Gasteiger charge is -2.45. The quantitative estimate of drug-likeness (QED) is 0.325. The average molecular weight is 541 g/mol. The number of nitrogens with zero attached hydrogens (tertiary/aromatic N) is 2. The van der Waals surface area contributed by atoms with E-state index in [1.807, 2.05) is 0 Å². The maximum atomic E-state index is 13.7. The molecule has 5 rings (SSSR count). The zero-order valence-electron chi connectivity index (χ0n) is 21.2. The van der Waals surface area contributed by atoms with E-state index in [0.29, 0.717) is 22.7 Å². The topological polar surface area (TPSA) is 23.6 Å². The van der Waals surface area contributed by atoms with E-state index in [-0.39, 0.29) is 11.6 Å². The van der Waals surface area contributed by atoms with Crippen LogP contribution in [0.2, 0.25) is 5.02 Å². The van der Waals surface area contributed by atoms with Crippen molar-refractivity contribution in [1.29, 1.82) is 0 Å². The summed E-state index contributed by atoms with van der Waals surface area (Å²) in [5, 5.41) is 0.541. The third-order valence-electron chi connectivity index (χ3n) is 8.05. The van der Waals surface area contributed by atoms with E-state index in [1.165, 1.54) is 37.0 Å². The van der Waals surface area contributed by atoms with Crippen LogP contribution in [0, 0.1) is 0 Å². The number of alkyl halides is 3. The van der Waals surface area contributed by atoms with Crippen LogP contribution in [0.1, 0.15) is 65.9 Å². The van der Waals surface area contributed by atoms with Crippen molar-refractivity contribution in [1.82, 2.24) is 4.90 Å². The minimum atomic E-state index is -4.51. The number of halogens is 4. The Morgan fingerprint density at radius 3 is 2.21 bits per heavy atom. The molecule has 0 aromatic heterocycles. The van der Waals surface area contributed by atoms with Crippen LogP contribution in [0.3, 0.4) is 0 Å². The Balaban J connectivity index is 1.37. The molecule has 2 aliphatic rings. The molecule has 2 atom stereocenters. The molecule has 2 fully saturated rings. The van der Waals surface area contributed by atoms with Crippen LogP contribution < -0.4 is 4.90 Å². The van der Waals surface area contributed by atoms with Crippen molar-refractivity contribution >= 4 is 23.2 Å². The van der Waals surface area contributed by atoms with Crippen LogP contribution in [-0.4, -0.2) is 36.0 Å². The van der Waals surface area contributed by atoms with Gasteiger partial charge in [-0.3, -0.25) is 9.69 Å². The second-order valence-corrected chi connectivity index (χ2v) is 10.8. The number of carbonyl (C=O) groups excluding carboxylic acids is 1. The number of anilines is 1. The first kappa shape index (κ1) is 26.8. The van der Waals surface area contributed by atoms with E-state index in [0.717, 1.165) is 44.5 Å². The molecule has 7 heteroatoms. The standard InChI is InChI=1S/C31H32ClF3N2O/c32-25-13-15-26(16-14-25)37(30(38)23-9-6-10-24(21-23)31(33,34)35)27-17-19-36(20-18-27)29-12-5-4-11-28(29)22-7-2-1-3-8-22/h1-3,6-10,13-16,21,27-29H,4-5,11-12,17-20H2. The van der Waals surface area contributed by atoms with Gasteiger partial charge in [0.15, 0.2) is 0 Å². The summed E-state index contributed by atoms with van der Waals surface area (Å²) >= 11 is 6.10. The van der Waals surface area contributed by atoms with Crippen molar-refractivity contribution in [2.75, 3.05) is 18.0 Å². The zero-order chi connectivity index (χ0) is 26.7. The fraction of sp³-hybridized carbons (Fsp3) is 0.387. The van der Waals surface area contributed by atoms with Gasteiger partial charge in [-0.05, 0) is 79.6 Å². The van der Waals surface area contributed by atoms with Gasteiger partial charge in [-0.25, -0.2) is 0 Å². The van der Waals surface area contributed by atoms with Gasteiger partial charge in [0.2, 0.25) is 0 Å². The fourth-order valence-corrected chi connectivity index (χ4v) is 6.30. The first-order chi connectivity index (χ1) is 18.3. The van der Waals surface area contributed by atoms with E-state index in [9.17, 15) is 18.0 Å². The zero-order valence-corrected chi connectivity index (χ0v) is 22.0. The highest BCUT2D eigenvalue weighted by Gasteiger charge is 2.37. The molecule has 1 aliphatic carbocycles. The van der Waals surface area contributed by atoms with Crippen LogP contribution in [-0.2, 0) is 6.18 Å². The molecular formula is C31H32ClF3N2O. The van der Waals surface area contributed by atoms with Crippen molar-refractivity contribution in [2.45, 2.75) is 62.7 Å². The lowest BCUT2D eigenvalue weighted by Crippen LogP contribution is -2.51. The molecule has 1 heterocycles. The largest absolute Gasteiger partial charge is 0.416 e. The number of benzene rings is 3. The predicted octanol–water partition coefficient (Wildman–Crippen LogP) is 8.20. The first-order valence-electron chi connectivity index (χ1n) is 13.4. The molecule has 0 spiro atoms. The first-order valence-corrected chi connectivity index (χ1v) is 13.7. The molecule has 1 saturated carbocycles. The number of hydrogen-bond donors (Lipinski definition) is 0. The van der Waals surface area contributed by atoms with Crippen LogP contribution in [0.4, 0.5) is 18.9 Å². The molecule has 38 heavy (non-hydrogen) atoms. The van der Waals surface area contributed by atoms with Crippen LogP contribution in [0.25, 0.3) is 0 Å². The Hall–Kier alpha value is -2.83. The van der Waals surface area contributed by atoms with Gasteiger partial charge in [0.1, 0.15) is 0 Å². The van der Waals surface area contributed by atoms with Gasteiger partial charge in [-0.1, -0.05) is 60.8 Å². The number of rotatable bonds is 5. The summed E-state index contributed by atoms with van der Waals surface area (Å²) < 4.78 is 40.2. The molecule has 2 unspecified atom stereocenters. The molecule has 3 aromatic carbocycles. The van der Waals surface area contributed by atoms with Crippen molar-refractivity contribution in [3.63, 3.8) is 0 Å². The minimum Gasteiger partial charge on any atom is -0.305 e. The van der Waals surface area contributed by atoms with Gasteiger partial charge < -0.3 is 4.90 Å². The Morgan fingerprint density at radius 1 is 0.842 bits per heavy atom. The maximum Gasteiger partial charge on any atom is 0.416 e. The van der Waals surface area contributed by atoms with Gasteiger partial charge in [0.05, 0.1) is 5.56 Å². The van der Waals surface area contributed by atoms with Crippen LogP contribution >= 0.6 is 11.6 Å². The van der Waals surface area contributed by atoms with Gasteiger partial charge in [-0.15, -0.1) is 0 Å². The molecule has 200 valence electrons. The highest BCUT2D eigenvalue weighted by atomic mass is 35.5. The third-order valence-corrected chi connectivity index (χ3v) is 8.30. The highest BCUT2D eigenvalue weighted by Crippen LogP contribution is 2.38. The Labute approximate surface area is 227 Å². The number of carbonyl (C=O) groups is 1. The number of likely N-dealkylation sites (tertiary alicyclic amines) is 1. The predicted molar refractivity (Wildman–Crippen MR) is 146 cm³/mol. The maximum absolute atomic E-state index is 13.7. The lowest BCUT2D eigenvalue weighted by molar-refractivity contribution is -0.137. The van der Waals surface area contributed by atoms with E-state index < -0.39 is 17.6 Å². The summed E-state index contributed by atoms with van der Waals surface area (Å²) in [4.78, 5) is 18.0. The molecule has 3 nitrogen and oxygen atoms in total. The second-order valence-electron chi connectivity index (χ2n) is 10.4. The average Bonchev–Trinajstić information content (AvgIpc) is 2.95. The normalized spacial score (nSPS) is 21.3. The summed E-state index contributed by atoms with van der Waals surface area (Å²) in [7, 11) is 0. The summed E-state index contributed by atoms with van der Waals surface area (Å²) in [6.07, 6.45) is 1.80. The van der Waals surface area contributed by atoms with Crippen molar-refractivity contribution in [2.24, 2.45) is 0 Å². The molecule has 0 N–H and O–H groups in total. The van der Waals surface area contributed by atoms with E-state index >= 15 is 0 Å². The van der Waals surface area contributed by atoms with E-state index in [2.05, 4.69) is 35.2 Å². The second kappa shape index (κ2) is 11.5. The molecule has 0 bridgehead atoms. The molecular weight excluding hydrogens is 509 g/mol. The third kappa shape index (κ3) is 5.92. The Morgan fingerprint density at radius 2 is 1.53 bits per heavy atom. The molecule has 0 radical (unpaired) electrons. The number of hydrogen-bond acceptors (Lipinski definition) is 2. The highest BCUT2D eigenvalue weighted by molar-refractivity contribution is 6.30. The summed E-state index contributed by atoms with van der Waals surface area (Å²) in [5.41, 5.74) is 1.25. The van der Waals surface area contributed by atoms with Crippen molar-refractivity contribution in [3.8, 4) is 0 Å². The van der Waals surface area contributed by atoms with Crippen LogP contribution in [0.5, 0.6) is 0 Å². The van der Waals surface area contributed by atoms with Crippen LogP contribution in [0.15, 0.2) is 78.9 Å². The van der Waals surface area contributed by atoms with Gasteiger partial charge >= 0.3 is 6.18 Å². The Kier molecular flexibility index (Phi) is 8.10. The minimum absolute atomic E-state index is 0.0358. The van der Waals surface area contributed by atoms with Gasteiger partial charge in [-0.2, -0.15) is 13.2 Å². The van der Waals surface area contributed by atoms with Gasteiger partial charge in [0, 0.05) is 41.4 Å². The number of amides is 1. The van der Waals surface area contributed by atoms with Crippen molar-refractivity contribution < 1.29 is 18.0 Å². The SMILES string of the molecule is O=C(c1cccc(C(F)(F)F)c1)N(c1ccc(Cl)cc1)C1CCN(C2CCCCC2c2ccccc2)CC1. The molecule has 1 saturated heterocycles. The van der Waals surface area contributed by atoms with Gasteiger partial charge in [0.25, 0.3) is 5.91 Å². The smallest absolute Gasteiger partial charge is 0.305 e. The number of piperidine rings is 1. The summed E-state index contributed by atoms with van der Waals surface area (Å²) in [6, 6.07) is 22.7. The lowest BCUT2D eigenvalue weighted by atomic mass is 9.78. The Bertz CT molecular complexity index is 1220. The fourth-order valence-electron chi connectivity index (χ4n) is 6.18. The molecule has 3 aromatic rings. The summed E-state index contributed by atoms with van der Waals surface area (Å²) in [6.45, 7) is 1.69. The van der Waals surface area contributed by atoms with E-state index in [4.69, 9.17) is 11.6 Å². The van der Waals surface area contributed by atoms with Crippen molar-refractivity contribution in [3.05, 3.63) is 101 Å². The molecule has 1 aliphatic heterocycles. The summed E-state index contributed by atoms with van der Waals surface area (Å²) in [5.74, 6) is 0.0808. The molecule has 1 amide bonds. The van der Waals surface area contributed by atoms with E-state index in [1.54, 1.807) is 29.2 Å². The monoisotopic (exact) mass is 540 g/mol.